The molecule has 0 atom stereocenters. The summed E-state index contributed by atoms with van der Waals surface area (Å²) in [6.45, 7) is 3.50. The van der Waals surface area contributed by atoms with Gasteiger partial charge in [0.2, 0.25) is 6.33 Å². The van der Waals surface area contributed by atoms with E-state index in [2.05, 4.69) is 34.8 Å². The predicted octanol–water partition coefficient (Wildman–Crippen LogP) is 6.98. The van der Waals surface area contributed by atoms with Gasteiger partial charge in [0.25, 0.3) is 0 Å². The third kappa shape index (κ3) is 8.92. The van der Waals surface area contributed by atoms with Gasteiger partial charge in [-0.15, -0.1) is 0 Å². The fourth-order valence-corrected chi connectivity index (χ4v) is 4.27. The quantitative estimate of drug-likeness (QED) is 0.253. The van der Waals surface area contributed by atoms with E-state index in [1.165, 1.54) is 116 Å². The molecule has 144 valence electrons. The van der Waals surface area contributed by atoms with E-state index in [4.69, 9.17) is 0 Å². The number of imidazole rings is 1. The fraction of sp³-hybridized carbons (Fsp3) is 0.870. The summed E-state index contributed by atoms with van der Waals surface area (Å²) in [6.07, 6.45) is 31.2. The van der Waals surface area contributed by atoms with Crippen molar-refractivity contribution in [1.29, 1.82) is 0 Å². The molecule has 1 fully saturated rings. The predicted molar refractivity (Wildman–Crippen MR) is 108 cm³/mol. The number of rotatable bonds is 14. The van der Waals surface area contributed by atoms with Crippen molar-refractivity contribution >= 4 is 0 Å². The monoisotopic (exact) mass is 347 g/mol. The summed E-state index contributed by atoms with van der Waals surface area (Å²) in [4.78, 5) is 0. The van der Waals surface area contributed by atoms with Crippen molar-refractivity contribution in [3.63, 3.8) is 0 Å². The van der Waals surface area contributed by atoms with Crippen LogP contribution < -0.4 is 4.57 Å². The molecule has 1 aromatic rings. The van der Waals surface area contributed by atoms with E-state index in [0.29, 0.717) is 0 Å². The zero-order chi connectivity index (χ0) is 17.6. The Morgan fingerprint density at radius 1 is 0.760 bits per heavy atom. The Morgan fingerprint density at radius 2 is 1.32 bits per heavy atom. The van der Waals surface area contributed by atoms with Gasteiger partial charge in [-0.05, 0) is 38.5 Å². The first kappa shape index (κ1) is 20.5. The number of hydrogen-bond acceptors (Lipinski definition) is 0. The van der Waals surface area contributed by atoms with E-state index in [1.54, 1.807) is 0 Å². The Morgan fingerprint density at radius 3 is 1.92 bits per heavy atom. The van der Waals surface area contributed by atoms with Crippen molar-refractivity contribution in [3.05, 3.63) is 18.7 Å². The Labute approximate surface area is 157 Å². The summed E-state index contributed by atoms with van der Waals surface area (Å²) in [5.74, 6) is 0. The fourth-order valence-electron chi connectivity index (χ4n) is 4.27. The molecule has 1 aliphatic carbocycles. The SMILES string of the molecule is CCCCCCCCCCCCCC[n+]1ccn(C2CCCCC2)c1. The van der Waals surface area contributed by atoms with Crippen molar-refractivity contribution in [2.24, 2.45) is 0 Å². The first-order valence-electron chi connectivity index (χ1n) is 11.5. The maximum Gasteiger partial charge on any atom is 0.243 e. The molecule has 25 heavy (non-hydrogen) atoms. The average molecular weight is 348 g/mol. The van der Waals surface area contributed by atoms with Crippen LogP contribution in [0.5, 0.6) is 0 Å². The Bertz CT molecular complexity index is 417. The van der Waals surface area contributed by atoms with Crippen LogP contribution in [0, 0.1) is 0 Å². The van der Waals surface area contributed by atoms with Crippen LogP contribution in [0.3, 0.4) is 0 Å². The molecule has 0 radical (unpaired) electrons. The van der Waals surface area contributed by atoms with E-state index in [9.17, 15) is 0 Å². The molecule has 0 bridgehead atoms. The first-order valence-corrected chi connectivity index (χ1v) is 11.5. The lowest BCUT2D eigenvalue weighted by atomic mass is 9.95. The molecular formula is C23H43N2+. The summed E-state index contributed by atoms with van der Waals surface area (Å²) < 4.78 is 4.88. The zero-order valence-electron chi connectivity index (χ0n) is 16.9. The van der Waals surface area contributed by atoms with Gasteiger partial charge in [0.1, 0.15) is 18.4 Å². The normalized spacial score (nSPS) is 15.7. The molecule has 0 saturated heterocycles. The second-order valence-corrected chi connectivity index (χ2v) is 8.28. The second kappa shape index (κ2) is 13.4. The van der Waals surface area contributed by atoms with Gasteiger partial charge in [0.15, 0.2) is 0 Å². The highest BCUT2D eigenvalue weighted by Crippen LogP contribution is 2.27. The topological polar surface area (TPSA) is 8.81 Å². The van der Waals surface area contributed by atoms with E-state index < -0.39 is 0 Å². The Hall–Kier alpha value is -0.790. The van der Waals surface area contributed by atoms with Gasteiger partial charge in [0, 0.05) is 0 Å². The Kier molecular flexibility index (Phi) is 11.0. The molecule has 2 heteroatoms. The summed E-state index contributed by atoms with van der Waals surface area (Å²) in [7, 11) is 0. The van der Waals surface area contributed by atoms with E-state index in [-0.39, 0.29) is 0 Å². The molecule has 1 aliphatic rings. The van der Waals surface area contributed by atoms with Gasteiger partial charge in [-0.3, -0.25) is 0 Å². The molecule has 1 heterocycles. The van der Waals surface area contributed by atoms with Crippen molar-refractivity contribution < 1.29 is 4.57 Å². The van der Waals surface area contributed by atoms with Gasteiger partial charge >= 0.3 is 0 Å². The molecule has 2 rings (SSSR count). The van der Waals surface area contributed by atoms with E-state index in [0.717, 1.165) is 6.04 Å². The summed E-state index contributed by atoms with van der Waals surface area (Å²) >= 11 is 0. The maximum absolute atomic E-state index is 2.47. The van der Waals surface area contributed by atoms with Crippen LogP contribution in [-0.4, -0.2) is 4.57 Å². The molecule has 0 spiro atoms. The minimum atomic E-state index is 0.775. The highest BCUT2D eigenvalue weighted by atomic mass is 15.1. The molecule has 0 amide bonds. The van der Waals surface area contributed by atoms with Gasteiger partial charge in [-0.2, -0.15) is 0 Å². The summed E-state index contributed by atoms with van der Waals surface area (Å²) in [5.41, 5.74) is 0. The van der Waals surface area contributed by atoms with Crippen LogP contribution in [-0.2, 0) is 6.54 Å². The number of aryl methyl sites for hydroxylation is 1. The molecule has 1 saturated carbocycles. The van der Waals surface area contributed by atoms with Crippen molar-refractivity contribution in [3.8, 4) is 0 Å². The lowest BCUT2D eigenvalue weighted by molar-refractivity contribution is -0.697. The van der Waals surface area contributed by atoms with Crippen molar-refractivity contribution in [1.82, 2.24) is 4.57 Å². The third-order valence-corrected chi connectivity index (χ3v) is 5.98. The first-order chi connectivity index (χ1) is 12.4. The van der Waals surface area contributed by atoms with E-state index in [1.807, 2.05) is 0 Å². The lowest BCUT2D eigenvalue weighted by Crippen LogP contribution is -2.31. The molecule has 0 aliphatic heterocycles. The van der Waals surface area contributed by atoms with Gasteiger partial charge in [0.05, 0.1) is 6.54 Å². The van der Waals surface area contributed by atoms with Crippen LogP contribution in [0.25, 0.3) is 0 Å². The van der Waals surface area contributed by atoms with E-state index >= 15 is 0 Å². The van der Waals surface area contributed by atoms with Crippen LogP contribution >= 0.6 is 0 Å². The average Bonchev–Trinajstić information content (AvgIpc) is 3.12. The molecular weight excluding hydrogens is 304 g/mol. The van der Waals surface area contributed by atoms with Crippen LogP contribution in [0.2, 0.25) is 0 Å². The minimum Gasteiger partial charge on any atom is -0.237 e. The minimum absolute atomic E-state index is 0.775. The molecule has 1 aromatic heterocycles. The van der Waals surface area contributed by atoms with Crippen LogP contribution in [0.15, 0.2) is 18.7 Å². The molecule has 0 unspecified atom stereocenters. The highest BCUT2D eigenvalue weighted by Gasteiger charge is 2.19. The largest absolute Gasteiger partial charge is 0.243 e. The van der Waals surface area contributed by atoms with Crippen LogP contribution in [0.1, 0.15) is 122 Å². The van der Waals surface area contributed by atoms with Gasteiger partial charge in [-0.25, -0.2) is 9.13 Å². The number of unbranched alkanes of at least 4 members (excludes halogenated alkanes) is 11. The third-order valence-electron chi connectivity index (χ3n) is 5.98. The maximum atomic E-state index is 2.47. The van der Waals surface area contributed by atoms with Gasteiger partial charge in [-0.1, -0.05) is 77.6 Å². The van der Waals surface area contributed by atoms with Gasteiger partial charge < -0.3 is 0 Å². The summed E-state index contributed by atoms with van der Waals surface area (Å²) in [6, 6.07) is 0.775. The van der Waals surface area contributed by atoms with Crippen LogP contribution in [0.4, 0.5) is 0 Å². The van der Waals surface area contributed by atoms with Crippen molar-refractivity contribution in [2.45, 2.75) is 129 Å². The zero-order valence-corrected chi connectivity index (χ0v) is 16.9. The number of hydrogen-bond donors (Lipinski definition) is 0. The van der Waals surface area contributed by atoms with Crippen molar-refractivity contribution in [2.75, 3.05) is 0 Å². The molecule has 2 nitrogen and oxygen atoms in total. The smallest absolute Gasteiger partial charge is 0.237 e. The second-order valence-electron chi connectivity index (χ2n) is 8.28. The molecule has 0 N–H and O–H groups in total. The standard InChI is InChI=1S/C23H43N2/c1-2-3-4-5-6-7-8-9-10-11-12-16-19-24-20-21-25(22-24)23-17-14-13-15-18-23/h20-23H,2-19H2,1H3/q+1. The Balaban J connectivity index is 1.41. The highest BCUT2D eigenvalue weighted by molar-refractivity contribution is 4.77. The molecule has 0 aromatic carbocycles. The lowest BCUT2D eigenvalue weighted by Gasteiger charge is -2.18. The number of aromatic nitrogens is 2. The number of nitrogens with zero attached hydrogens (tertiary/aromatic N) is 2. The summed E-state index contributed by atoms with van der Waals surface area (Å²) in [5, 5.41) is 0.